The molecule has 1 saturated heterocycles. The number of likely N-dealkylation sites (N-methyl/N-ethyl adjacent to an activating group) is 1. The van der Waals surface area contributed by atoms with E-state index in [2.05, 4.69) is 50.2 Å². The molecule has 0 aromatic carbocycles. The lowest BCUT2D eigenvalue weighted by atomic mass is 9.95. The fourth-order valence-corrected chi connectivity index (χ4v) is 3.73. The molecule has 0 spiro atoms. The van der Waals surface area contributed by atoms with E-state index < -0.39 is 0 Å². The van der Waals surface area contributed by atoms with Crippen molar-refractivity contribution < 1.29 is 0 Å². The molecule has 1 unspecified atom stereocenters. The van der Waals surface area contributed by atoms with Crippen LogP contribution in [-0.2, 0) is 12.0 Å². The molecule has 1 aromatic heterocycles. The average molecular weight is 266 g/mol. The fraction of sp³-hybridized carbons (Fsp3) is 0.733. The van der Waals surface area contributed by atoms with Crippen LogP contribution in [0.3, 0.4) is 0 Å². The Labute approximate surface area is 115 Å². The van der Waals surface area contributed by atoms with Crippen LogP contribution in [0.5, 0.6) is 0 Å². The maximum atomic E-state index is 3.32. The van der Waals surface area contributed by atoms with Gasteiger partial charge in [-0.15, -0.1) is 11.3 Å². The van der Waals surface area contributed by atoms with Crippen LogP contribution in [0.4, 0.5) is 0 Å². The van der Waals surface area contributed by atoms with Crippen molar-refractivity contribution in [3.05, 3.63) is 21.9 Å². The summed E-state index contributed by atoms with van der Waals surface area (Å²) in [7, 11) is 2.05. The van der Waals surface area contributed by atoms with Crippen LogP contribution >= 0.6 is 11.3 Å². The molecule has 1 aliphatic heterocycles. The van der Waals surface area contributed by atoms with Gasteiger partial charge in [-0.3, -0.25) is 4.90 Å². The van der Waals surface area contributed by atoms with E-state index in [1.165, 1.54) is 29.1 Å². The second-order valence-electron chi connectivity index (χ2n) is 6.34. The third-order valence-electron chi connectivity index (χ3n) is 3.70. The van der Waals surface area contributed by atoms with E-state index in [0.29, 0.717) is 0 Å². The van der Waals surface area contributed by atoms with E-state index in [-0.39, 0.29) is 5.41 Å². The van der Waals surface area contributed by atoms with Gasteiger partial charge >= 0.3 is 0 Å². The highest BCUT2D eigenvalue weighted by atomic mass is 32.1. The Balaban J connectivity index is 1.99. The highest BCUT2D eigenvalue weighted by Gasteiger charge is 2.24. The molecule has 0 amide bonds. The van der Waals surface area contributed by atoms with Crippen LogP contribution in [0.15, 0.2) is 12.1 Å². The van der Waals surface area contributed by atoms with Crippen molar-refractivity contribution in [3.63, 3.8) is 0 Å². The Hall–Kier alpha value is -0.380. The maximum Gasteiger partial charge on any atom is 0.0331 e. The molecular weight excluding hydrogens is 240 g/mol. The van der Waals surface area contributed by atoms with Crippen LogP contribution in [0.25, 0.3) is 0 Å². The highest BCUT2D eigenvalue weighted by molar-refractivity contribution is 7.12. The van der Waals surface area contributed by atoms with Gasteiger partial charge in [-0.2, -0.15) is 0 Å². The van der Waals surface area contributed by atoms with Crippen LogP contribution in [0.1, 0.15) is 43.4 Å². The molecule has 2 nitrogen and oxygen atoms in total. The molecule has 18 heavy (non-hydrogen) atoms. The number of thiophene rings is 1. The lowest BCUT2D eigenvalue weighted by Crippen LogP contribution is -2.36. The molecule has 1 N–H and O–H groups in total. The van der Waals surface area contributed by atoms with Gasteiger partial charge in [0.2, 0.25) is 0 Å². The second-order valence-corrected chi connectivity index (χ2v) is 7.51. The van der Waals surface area contributed by atoms with E-state index >= 15 is 0 Å². The van der Waals surface area contributed by atoms with Gasteiger partial charge in [0.25, 0.3) is 0 Å². The summed E-state index contributed by atoms with van der Waals surface area (Å²) >= 11 is 1.98. The van der Waals surface area contributed by atoms with Gasteiger partial charge in [0.1, 0.15) is 0 Å². The quantitative estimate of drug-likeness (QED) is 0.900. The van der Waals surface area contributed by atoms with Crippen molar-refractivity contribution in [2.45, 2.75) is 51.6 Å². The molecule has 0 saturated carbocycles. The number of hydrogen-bond donors (Lipinski definition) is 1. The van der Waals surface area contributed by atoms with E-state index in [1.54, 1.807) is 0 Å². The number of nitrogens with zero attached hydrogens (tertiary/aromatic N) is 1. The SMILES string of the molecule is CNCC1CCCN1Cc1ccc(C(C)(C)C)s1. The summed E-state index contributed by atoms with van der Waals surface area (Å²) in [6.45, 7) is 10.4. The van der Waals surface area contributed by atoms with Crippen LogP contribution in [-0.4, -0.2) is 31.1 Å². The number of nitrogens with one attached hydrogen (secondary N) is 1. The minimum Gasteiger partial charge on any atom is -0.318 e. The maximum absolute atomic E-state index is 3.32. The van der Waals surface area contributed by atoms with E-state index in [0.717, 1.165) is 19.1 Å². The Morgan fingerprint density at radius 3 is 2.78 bits per heavy atom. The molecule has 1 aliphatic rings. The minimum atomic E-state index is 0.290. The summed E-state index contributed by atoms with van der Waals surface area (Å²) < 4.78 is 0. The van der Waals surface area contributed by atoms with Gasteiger partial charge in [-0.05, 0) is 44.0 Å². The average Bonchev–Trinajstić information content (AvgIpc) is 2.89. The summed E-state index contributed by atoms with van der Waals surface area (Å²) in [4.78, 5) is 5.65. The van der Waals surface area contributed by atoms with E-state index in [4.69, 9.17) is 0 Å². The minimum absolute atomic E-state index is 0.290. The zero-order valence-electron chi connectivity index (χ0n) is 12.1. The Morgan fingerprint density at radius 1 is 1.39 bits per heavy atom. The van der Waals surface area contributed by atoms with Crippen molar-refractivity contribution in [2.24, 2.45) is 0 Å². The fourth-order valence-electron chi connectivity index (χ4n) is 2.64. The first-order valence-corrected chi connectivity index (χ1v) is 7.80. The summed E-state index contributed by atoms with van der Waals surface area (Å²) in [6, 6.07) is 5.36. The Morgan fingerprint density at radius 2 is 2.17 bits per heavy atom. The van der Waals surface area contributed by atoms with Gasteiger partial charge in [0.15, 0.2) is 0 Å². The standard InChI is InChI=1S/C15H26N2S/c1-15(2,3)14-8-7-13(18-14)11-17-9-5-6-12(17)10-16-4/h7-8,12,16H,5-6,9-11H2,1-4H3. The van der Waals surface area contributed by atoms with Crippen molar-refractivity contribution in [3.8, 4) is 0 Å². The van der Waals surface area contributed by atoms with Crippen LogP contribution < -0.4 is 5.32 Å². The normalized spacial score (nSPS) is 21.7. The van der Waals surface area contributed by atoms with Crippen molar-refractivity contribution >= 4 is 11.3 Å². The summed E-state index contributed by atoms with van der Waals surface area (Å²) in [5.41, 5.74) is 0.290. The summed E-state index contributed by atoms with van der Waals surface area (Å²) in [5.74, 6) is 0. The predicted octanol–water partition coefficient (Wildman–Crippen LogP) is 3.23. The largest absolute Gasteiger partial charge is 0.318 e. The number of hydrogen-bond acceptors (Lipinski definition) is 3. The lowest BCUT2D eigenvalue weighted by Gasteiger charge is -2.23. The smallest absolute Gasteiger partial charge is 0.0331 e. The zero-order valence-corrected chi connectivity index (χ0v) is 12.9. The van der Waals surface area contributed by atoms with Gasteiger partial charge in [-0.1, -0.05) is 20.8 Å². The predicted molar refractivity (Wildman–Crippen MR) is 80.4 cm³/mol. The molecule has 0 radical (unpaired) electrons. The Bertz CT molecular complexity index is 378. The highest BCUT2D eigenvalue weighted by Crippen LogP contribution is 2.31. The first-order valence-electron chi connectivity index (χ1n) is 6.98. The van der Waals surface area contributed by atoms with E-state index in [1.807, 2.05) is 11.3 Å². The van der Waals surface area contributed by atoms with Gasteiger partial charge in [0, 0.05) is 28.9 Å². The van der Waals surface area contributed by atoms with Crippen LogP contribution in [0.2, 0.25) is 0 Å². The molecule has 2 heterocycles. The first kappa shape index (κ1) is 14.0. The third-order valence-corrected chi connectivity index (χ3v) is 5.19. The molecule has 1 aromatic rings. The molecule has 0 aliphatic carbocycles. The van der Waals surface area contributed by atoms with Crippen molar-refractivity contribution in [1.82, 2.24) is 10.2 Å². The van der Waals surface area contributed by atoms with E-state index in [9.17, 15) is 0 Å². The molecule has 1 atom stereocenters. The van der Waals surface area contributed by atoms with Crippen molar-refractivity contribution in [1.29, 1.82) is 0 Å². The molecule has 102 valence electrons. The summed E-state index contributed by atoms with van der Waals surface area (Å²) in [6.07, 6.45) is 2.70. The second kappa shape index (κ2) is 5.72. The topological polar surface area (TPSA) is 15.3 Å². The monoisotopic (exact) mass is 266 g/mol. The molecule has 1 fully saturated rings. The number of likely N-dealkylation sites (tertiary alicyclic amines) is 1. The van der Waals surface area contributed by atoms with Gasteiger partial charge < -0.3 is 5.32 Å². The lowest BCUT2D eigenvalue weighted by molar-refractivity contribution is 0.244. The number of rotatable bonds is 4. The molecule has 3 heteroatoms. The molecule has 2 rings (SSSR count). The van der Waals surface area contributed by atoms with Crippen LogP contribution in [0, 0.1) is 0 Å². The molecule has 0 bridgehead atoms. The third kappa shape index (κ3) is 3.34. The van der Waals surface area contributed by atoms with Crippen molar-refractivity contribution in [2.75, 3.05) is 20.1 Å². The zero-order chi connectivity index (χ0) is 13.2. The Kier molecular flexibility index (Phi) is 4.46. The molecular formula is C15H26N2S. The van der Waals surface area contributed by atoms with Gasteiger partial charge in [-0.25, -0.2) is 0 Å². The summed E-state index contributed by atoms with van der Waals surface area (Å²) in [5, 5.41) is 3.32. The van der Waals surface area contributed by atoms with Gasteiger partial charge in [0.05, 0.1) is 0 Å². The first-order chi connectivity index (χ1) is 8.50.